The molecule has 0 aliphatic heterocycles. The van der Waals surface area contributed by atoms with Gasteiger partial charge < -0.3 is 14.1 Å². The summed E-state index contributed by atoms with van der Waals surface area (Å²) in [6, 6.07) is 0. The fraction of sp³-hybridized carbons (Fsp3) is 0.444. The number of anilines is 2. The molecule has 6 aromatic rings. The predicted molar refractivity (Wildman–Crippen MR) is 273 cm³/mol. The van der Waals surface area contributed by atoms with E-state index < -0.39 is 14.6 Å². The summed E-state index contributed by atoms with van der Waals surface area (Å²) in [5, 5.41) is 18.8. The van der Waals surface area contributed by atoms with Crippen LogP contribution in [0.1, 0.15) is 134 Å². The van der Waals surface area contributed by atoms with Crippen molar-refractivity contribution in [2.24, 2.45) is 0 Å². The Kier molecular flexibility index (Phi) is 15.9. The average Bonchev–Trinajstić information content (AvgIpc) is 3.73. The zero-order valence-electron chi connectivity index (χ0n) is 43.9. The number of aryl methyl sites for hydroxylation is 2. The Hall–Kier alpha value is -4.06. The number of hydrogen-bond acceptors (Lipinski definition) is 6. The van der Waals surface area contributed by atoms with Gasteiger partial charge in [0.25, 0.3) is 0 Å². The largest absolute Gasteiger partial charge is 0.359 e. The van der Waals surface area contributed by atoms with Crippen LogP contribution in [0.25, 0.3) is 0 Å². The molecule has 2 N–H and O–H groups in total. The number of aromatic nitrogens is 2. The van der Waals surface area contributed by atoms with Crippen LogP contribution in [0.4, 0.5) is 11.7 Å². The molecule has 1 radical (unpaired) electrons. The summed E-state index contributed by atoms with van der Waals surface area (Å²) < 4.78 is 42.0. The molecule has 0 saturated heterocycles. The third-order valence-corrected chi connectivity index (χ3v) is 22.2. The van der Waals surface area contributed by atoms with Gasteiger partial charge in [-0.3, -0.25) is 14.2 Å². The maximum atomic E-state index is 15.5. The van der Waals surface area contributed by atoms with Gasteiger partial charge in [-0.05, 0) is 277 Å². The van der Waals surface area contributed by atoms with Crippen LogP contribution in [-0.4, -0.2) is 10.3 Å². The van der Waals surface area contributed by atoms with Gasteiger partial charge in [-0.2, -0.15) is 0 Å². The molecule has 0 fully saturated rings. The third-order valence-electron chi connectivity index (χ3n) is 15.9. The maximum Gasteiger partial charge on any atom is 0.233 e. The van der Waals surface area contributed by atoms with E-state index in [0.717, 1.165) is 88.3 Å². The first kappa shape index (κ1) is 53.6. The quantitative estimate of drug-likeness (QED) is 0.145. The van der Waals surface area contributed by atoms with Gasteiger partial charge in [0.05, 0.1) is 5.69 Å². The molecule has 8 nitrogen and oxygen atoms in total. The molecule has 6 rings (SSSR count). The number of hydrogen-bond donors (Lipinski definition) is 2. The molecule has 0 aliphatic rings. The SMILES string of the molecule is Cc1noc(NP(=O)(c2c(C)c(C)c(C)c(C)c2C)c2c(C)c(C)c(C)c(C)c2C)c1C.Cc1onc(NP(=O)(c2c(C)c(C)c(C)c(C)c2C)c2c(C)c(C)c(C)c(C)c2C)c1C.[V]. The molecular formula is C54H74N4O4P2V. The second-order valence-corrected chi connectivity index (χ2v) is 23.4. The van der Waals surface area contributed by atoms with Gasteiger partial charge in [0.2, 0.25) is 20.5 Å². The third kappa shape index (κ3) is 8.72. The monoisotopic (exact) mass is 955 g/mol. The molecule has 65 heavy (non-hydrogen) atoms. The first-order valence-electron chi connectivity index (χ1n) is 22.4. The second-order valence-electron chi connectivity index (χ2n) is 18.8. The molecular weight excluding hydrogens is 882 g/mol. The number of rotatable bonds is 8. The molecule has 349 valence electrons. The van der Waals surface area contributed by atoms with E-state index >= 15 is 9.13 Å². The molecule has 2 heterocycles. The fourth-order valence-electron chi connectivity index (χ4n) is 9.59. The predicted octanol–water partition coefficient (Wildman–Crippen LogP) is 13.4. The van der Waals surface area contributed by atoms with E-state index in [2.05, 4.69) is 159 Å². The molecule has 4 aromatic carbocycles. The second kappa shape index (κ2) is 19.3. The van der Waals surface area contributed by atoms with E-state index in [-0.39, 0.29) is 18.6 Å². The van der Waals surface area contributed by atoms with E-state index in [0.29, 0.717) is 11.7 Å². The molecule has 0 spiro atoms. The topological polar surface area (TPSA) is 110 Å². The Morgan fingerprint density at radius 3 is 0.769 bits per heavy atom. The van der Waals surface area contributed by atoms with Gasteiger partial charge >= 0.3 is 0 Å². The molecule has 0 amide bonds. The van der Waals surface area contributed by atoms with Gasteiger partial charge in [0.15, 0.2) is 5.82 Å². The van der Waals surface area contributed by atoms with Crippen molar-refractivity contribution in [2.45, 2.75) is 166 Å². The maximum absolute atomic E-state index is 15.5. The normalized spacial score (nSPS) is 11.7. The van der Waals surface area contributed by atoms with Crippen LogP contribution in [-0.2, 0) is 27.7 Å². The molecule has 11 heteroatoms. The van der Waals surface area contributed by atoms with Gasteiger partial charge in [0, 0.05) is 50.9 Å². The van der Waals surface area contributed by atoms with Crippen LogP contribution in [0.15, 0.2) is 9.05 Å². The van der Waals surface area contributed by atoms with Gasteiger partial charge in [-0.15, -0.1) is 0 Å². The first-order chi connectivity index (χ1) is 29.5. The number of benzene rings is 4. The molecule has 0 aliphatic carbocycles. The van der Waals surface area contributed by atoms with E-state index in [9.17, 15) is 0 Å². The smallest absolute Gasteiger partial charge is 0.233 e. The Morgan fingerprint density at radius 1 is 0.308 bits per heavy atom. The fourth-order valence-corrected chi connectivity index (χ4v) is 16.6. The minimum Gasteiger partial charge on any atom is -0.359 e. The average molecular weight is 956 g/mol. The Bertz CT molecular complexity index is 2540. The minimum absolute atomic E-state index is 0. The van der Waals surface area contributed by atoms with Crippen LogP contribution in [0.2, 0.25) is 0 Å². The number of nitrogens with one attached hydrogen (secondary N) is 2. The van der Waals surface area contributed by atoms with Gasteiger partial charge in [-0.25, -0.2) is 0 Å². The van der Waals surface area contributed by atoms with Crippen molar-refractivity contribution in [1.29, 1.82) is 0 Å². The van der Waals surface area contributed by atoms with E-state index in [1.54, 1.807) is 0 Å². The van der Waals surface area contributed by atoms with E-state index in [1.807, 2.05) is 27.7 Å². The zero-order valence-corrected chi connectivity index (χ0v) is 47.1. The summed E-state index contributed by atoms with van der Waals surface area (Å²) in [6.07, 6.45) is 0. The summed E-state index contributed by atoms with van der Waals surface area (Å²) in [5.74, 6) is 1.76. The summed E-state index contributed by atoms with van der Waals surface area (Å²) >= 11 is 0. The van der Waals surface area contributed by atoms with Crippen molar-refractivity contribution in [2.75, 3.05) is 10.2 Å². The summed E-state index contributed by atoms with van der Waals surface area (Å²) in [6.45, 7) is 50.0. The van der Waals surface area contributed by atoms with Crippen molar-refractivity contribution in [3.8, 4) is 0 Å². The molecule has 0 bridgehead atoms. The van der Waals surface area contributed by atoms with Crippen molar-refractivity contribution in [3.05, 3.63) is 134 Å². The van der Waals surface area contributed by atoms with Crippen molar-refractivity contribution >= 4 is 47.5 Å². The van der Waals surface area contributed by atoms with E-state index in [4.69, 9.17) is 9.05 Å². The summed E-state index contributed by atoms with van der Waals surface area (Å²) in [7, 11) is -6.67. The summed E-state index contributed by atoms with van der Waals surface area (Å²) in [5.41, 5.74) is 25.7. The first-order valence-corrected chi connectivity index (χ1v) is 25.8. The van der Waals surface area contributed by atoms with Crippen molar-refractivity contribution < 1.29 is 36.7 Å². The summed E-state index contributed by atoms with van der Waals surface area (Å²) in [4.78, 5) is 0. The van der Waals surface area contributed by atoms with Gasteiger partial charge in [0.1, 0.15) is 5.76 Å². The van der Waals surface area contributed by atoms with Crippen LogP contribution < -0.4 is 31.4 Å². The molecule has 0 unspecified atom stereocenters. The van der Waals surface area contributed by atoms with Crippen LogP contribution in [0.3, 0.4) is 0 Å². The Morgan fingerprint density at radius 2 is 0.554 bits per heavy atom. The molecule has 0 saturated carbocycles. The Labute approximate surface area is 402 Å². The van der Waals surface area contributed by atoms with Crippen molar-refractivity contribution in [3.63, 3.8) is 0 Å². The standard InChI is InChI=1S/2C27H37N2O2P.V/c1-13-15(3)19(7)25(20(8)16(13)4)32(30,29-27-23(11)24(12)31-28-27)26-21(9)17(5)14(2)18(6)22(26)10;1-13-15(3)19(7)25(20(8)16(13)4)32(30,29-27-23(11)24(12)28-31-27)26-21(9)17(5)14(2)18(6)22(26)10;/h1-12H3,(H,28,29,30);1-12H3,(H,29,30);. The minimum atomic E-state index is -3.34. The Balaban J connectivity index is 0.000000280. The van der Waals surface area contributed by atoms with Crippen LogP contribution in [0.5, 0.6) is 0 Å². The van der Waals surface area contributed by atoms with Crippen LogP contribution >= 0.6 is 14.6 Å². The number of nitrogens with zero attached hydrogens (tertiary/aromatic N) is 2. The molecule has 2 aromatic heterocycles. The van der Waals surface area contributed by atoms with Crippen molar-refractivity contribution in [1.82, 2.24) is 10.3 Å². The van der Waals surface area contributed by atoms with E-state index in [1.165, 1.54) is 66.8 Å². The molecule has 0 atom stereocenters. The zero-order chi connectivity index (χ0) is 48.6. The van der Waals surface area contributed by atoms with Crippen LogP contribution in [0, 0.1) is 166 Å². The van der Waals surface area contributed by atoms with Gasteiger partial charge in [-0.1, -0.05) is 10.3 Å².